The van der Waals surface area contributed by atoms with Crippen LogP contribution in [0.3, 0.4) is 0 Å². The molecule has 3 heterocycles. The molecular formula is C47H56N6O9S2. The summed E-state index contributed by atoms with van der Waals surface area (Å²) in [6, 6.07) is 14.1. The number of thiazole rings is 1. The quantitative estimate of drug-likeness (QED) is 0.108. The fourth-order valence-corrected chi connectivity index (χ4v) is 11.1. The zero-order valence-corrected chi connectivity index (χ0v) is 38.0. The lowest BCUT2D eigenvalue weighted by molar-refractivity contribution is -0.136. The van der Waals surface area contributed by atoms with Gasteiger partial charge in [-0.25, -0.2) is 27.9 Å². The van der Waals surface area contributed by atoms with E-state index in [0.29, 0.717) is 53.1 Å². The summed E-state index contributed by atoms with van der Waals surface area (Å²) >= 11 is 1.46. The first-order chi connectivity index (χ1) is 30.8. The minimum atomic E-state index is -4.27. The molecule has 3 amide bonds. The lowest BCUT2D eigenvalue weighted by atomic mass is 9.86. The first kappa shape index (κ1) is 45.0. The predicted octanol–water partition coefficient (Wildman–Crippen LogP) is 7.47. The number of hydrogen-bond acceptors (Lipinski definition) is 13. The van der Waals surface area contributed by atoms with Crippen molar-refractivity contribution >= 4 is 61.1 Å². The highest BCUT2D eigenvalue weighted by atomic mass is 32.2. The van der Waals surface area contributed by atoms with Gasteiger partial charge in [-0.2, -0.15) is 0 Å². The Morgan fingerprint density at radius 2 is 1.67 bits per heavy atom. The molecular weight excluding hydrogens is 857 g/mol. The summed E-state index contributed by atoms with van der Waals surface area (Å²) in [6.07, 6.45) is 9.39. The van der Waals surface area contributed by atoms with Crippen LogP contribution in [-0.2, 0) is 29.1 Å². The molecule has 1 aliphatic heterocycles. The van der Waals surface area contributed by atoms with E-state index in [1.54, 1.807) is 37.4 Å². The van der Waals surface area contributed by atoms with Crippen LogP contribution in [0.5, 0.6) is 11.5 Å². The first-order valence-electron chi connectivity index (χ1n) is 22.3. The molecule has 0 saturated heterocycles. The number of ketones is 1. The Morgan fingerprint density at radius 1 is 0.906 bits per heavy atom. The summed E-state index contributed by atoms with van der Waals surface area (Å²) < 4.78 is 47.1. The van der Waals surface area contributed by atoms with Crippen LogP contribution in [0.1, 0.15) is 90.9 Å². The van der Waals surface area contributed by atoms with Crippen LogP contribution in [0.2, 0.25) is 0 Å². The number of methoxy groups -OCH3 is 1. The van der Waals surface area contributed by atoms with E-state index >= 15 is 0 Å². The van der Waals surface area contributed by atoms with Crippen LogP contribution in [-0.4, -0.2) is 79.0 Å². The van der Waals surface area contributed by atoms with Crippen LogP contribution < -0.4 is 30.1 Å². The van der Waals surface area contributed by atoms with Crippen molar-refractivity contribution < 1.29 is 41.8 Å². The van der Waals surface area contributed by atoms with Gasteiger partial charge in [0.05, 0.1) is 35.2 Å². The van der Waals surface area contributed by atoms with Crippen molar-refractivity contribution in [3.63, 3.8) is 0 Å². The Labute approximate surface area is 377 Å². The van der Waals surface area contributed by atoms with Crippen molar-refractivity contribution in [3.05, 3.63) is 72.1 Å². The third-order valence-corrected chi connectivity index (χ3v) is 14.8. The molecule has 8 rings (SSSR count). The predicted molar refractivity (Wildman–Crippen MR) is 242 cm³/mol. The third kappa shape index (κ3) is 10.2. The molecule has 4 aliphatic rings. The smallest absolute Gasteiger partial charge is 0.407 e. The molecule has 0 bridgehead atoms. The number of carbonyl (C=O) groups is 4. The van der Waals surface area contributed by atoms with Crippen molar-refractivity contribution in [2.24, 2.45) is 17.8 Å². The molecule has 2 aromatic heterocycles. The number of rotatable bonds is 11. The second-order valence-electron chi connectivity index (χ2n) is 17.6. The van der Waals surface area contributed by atoms with E-state index in [1.807, 2.05) is 43.5 Å². The molecule has 4 N–H and O–H groups in total. The molecule has 15 nitrogen and oxygen atoms in total. The number of hydrogen-bond donors (Lipinski definition) is 4. The number of carbonyl (C=O) groups excluding carboxylic acids is 4. The Kier molecular flexibility index (Phi) is 13.6. The van der Waals surface area contributed by atoms with Gasteiger partial charge >= 0.3 is 6.09 Å². The number of Topliss-reactive ketones (excluding diaryl/α,β-unsaturated/α-hetero) is 1. The maximum Gasteiger partial charge on any atom is 0.407 e. The van der Waals surface area contributed by atoms with Gasteiger partial charge < -0.3 is 30.2 Å². The number of nitrogens with one attached hydrogen (secondary N) is 4. The normalized spacial score (nSPS) is 25.8. The molecule has 3 fully saturated rings. The highest BCUT2D eigenvalue weighted by Gasteiger charge is 2.62. The summed E-state index contributed by atoms with van der Waals surface area (Å²) in [7, 11) is -2.70. The number of benzene rings is 2. The zero-order chi connectivity index (χ0) is 45.0. The van der Waals surface area contributed by atoms with Gasteiger partial charge in [0.25, 0.3) is 15.9 Å². The largest absolute Gasteiger partial charge is 0.497 e. The molecule has 6 atom stereocenters. The van der Waals surface area contributed by atoms with E-state index in [0.717, 1.165) is 43.7 Å². The van der Waals surface area contributed by atoms with Gasteiger partial charge in [0.15, 0.2) is 10.9 Å². The lowest BCUT2D eigenvalue weighted by Crippen LogP contribution is -2.54. The highest BCUT2D eigenvalue weighted by molar-refractivity contribution is 7.90. The highest BCUT2D eigenvalue weighted by Crippen LogP contribution is 2.47. The van der Waals surface area contributed by atoms with Gasteiger partial charge in [-0.05, 0) is 102 Å². The van der Waals surface area contributed by atoms with E-state index in [1.165, 1.54) is 23.5 Å². The number of nitrogens with zero attached hydrogens (tertiary/aromatic N) is 2. The molecule has 4 aromatic rings. The minimum absolute atomic E-state index is 0.0879. The molecule has 0 spiro atoms. The van der Waals surface area contributed by atoms with E-state index < -0.39 is 63.4 Å². The molecule has 64 heavy (non-hydrogen) atoms. The van der Waals surface area contributed by atoms with Crippen LogP contribution in [0.4, 0.5) is 9.93 Å². The second-order valence-corrected chi connectivity index (χ2v) is 20.2. The summed E-state index contributed by atoms with van der Waals surface area (Å²) in [5.41, 5.74) is 0.214. The van der Waals surface area contributed by atoms with Crippen LogP contribution >= 0.6 is 11.3 Å². The number of allylic oxidation sites excluding steroid dienone is 1. The number of amides is 3. The molecule has 3 saturated carbocycles. The van der Waals surface area contributed by atoms with Crippen molar-refractivity contribution in [1.29, 1.82) is 0 Å². The van der Waals surface area contributed by atoms with Gasteiger partial charge in [0.1, 0.15) is 34.9 Å². The standard InChI is InChI=1S/C47H56N6O9S2/c1-28(2)48-45-50-40(27-63-45)39-25-41(34-21-20-31(60-3)24-38(34)49-39)61-32-22-35-36(23-32)43(55)52-47(44(56)53-64(58,59)33-17-9-7-10-18-33)26-29(47)14-8-5-4-6-11-19-37(42(35)54)51-46(57)62-30-15-12-13-16-30/h7-10,14,17-18,20-21,24-25,27-30,32,35-37H,4-6,11-13,15-16,19,22-23,26H2,1-3H3,(H,48,50)(H,51,57)(H,52,55)(H,53,56)/b14-8-/t29-,32+,35?,36-,37+,47-/m1/s1. The number of aromatic nitrogens is 2. The molecule has 340 valence electrons. The maximum absolute atomic E-state index is 14.9. The van der Waals surface area contributed by atoms with Gasteiger partial charge in [-0.15, -0.1) is 11.3 Å². The van der Waals surface area contributed by atoms with E-state index in [4.69, 9.17) is 24.2 Å². The number of alkyl carbamates (subject to hydrolysis) is 1. The second kappa shape index (κ2) is 19.3. The Balaban J connectivity index is 1.12. The summed E-state index contributed by atoms with van der Waals surface area (Å²) in [4.78, 5) is 66.8. The number of ether oxygens (including phenoxy) is 3. The van der Waals surface area contributed by atoms with Crippen LogP contribution in [0.15, 0.2) is 77.0 Å². The van der Waals surface area contributed by atoms with Gasteiger partial charge in [0.2, 0.25) is 5.91 Å². The monoisotopic (exact) mass is 912 g/mol. The summed E-state index contributed by atoms with van der Waals surface area (Å²) in [6.45, 7) is 4.06. The van der Waals surface area contributed by atoms with E-state index in [-0.39, 0.29) is 42.1 Å². The van der Waals surface area contributed by atoms with Crippen molar-refractivity contribution in [2.45, 2.75) is 126 Å². The molecule has 2 aromatic carbocycles. The van der Waals surface area contributed by atoms with Gasteiger partial charge in [0, 0.05) is 40.8 Å². The number of sulfonamides is 1. The van der Waals surface area contributed by atoms with Crippen LogP contribution in [0, 0.1) is 17.8 Å². The van der Waals surface area contributed by atoms with Gasteiger partial charge in [-0.1, -0.05) is 43.2 Å². The maximum atomic E-state index is 14.9. The number of anilines is 1. The zero-order valence-electron chi connectivity index (χ0n) is 36.3. The first-order valence-corrected chi connectivity index (χ1v) is 24.7. The topological polar surface area (TPSA) is 204 Å². The lowest BCUT2D eigenvalue weighted by Gasteiger charge is -2.26. The van der Waals surface area contributed by atoms with Crippen LogP contribution in [0.25, 0.3) is 22.3 Å². The SMILES string of the molecule is COc1ccc2c(O[C@H]3CC4C(=O)[C@@H](NC(=O)OC5CCCC5)CCCCC/C=C\[C@@H]5C[C@@]5(C(=O)NS(=O)(=O)c5ccccc5)NC(=O)[C@@H]4C3)cc(-c3csc(NC(C)C)n3)nc2c1. The Bertz CT molecular complexity index is 2510. The molecule has 3 aliphatic carbocycles. The average molecular weight is 913 g/mol. The van der Waals surface area contributed by atoms with Crippen molar-refractivity contribution in [3.8, 4) is 22.9 Å². The fraction of sp³-hybridized carbons (Fsp3) is 0.489. The number of fused-ring (bicyclic) bond motifs is 3. The van der Waals surface area contributed by atoms with E-state index in [9.17, 15) is 27.6 Å². The minimum Gasteiger partial charge on any atom is -0.497 e. The fourth-order valence-electron chi connectivity index (χ4n) is 9.20. The summed E-state index contributed by atoms with van der Waals surface area (Å²) in [5.74, 6) is -3.08. The average Bonchev–Trinajstić information content (AvgIpc) is 3.70. The van der Waals surface area contributed by atoms with Crippen molar-refractivity contribution in [2.75, 3.05) is 12.4 Å². The molecule has 0 radical (unpaired) electrons. The Hall–Kier alpha value is -5.55. The number of pyridine rings is 1. The Morgan fingerprint density at radius 3 is 2.44 bits per heavy atom. The van der Waals surface area contributed by atoms with E-state index in [2.05, 4.69) is 20.7 Å². The van der Waals surface area contributed by atoms with Crippen molar-refractivity contribution in [1.82, 2.24) is 25.3 Å². The third-order valence-electron chi connectivity index (χ3n) is 12.7. The van der Waals surface area contributed by atoms with Gasteiger partial charge in [-0.3, -0.25) is 14.4 Å². The summed E-state index contributed by atoms with van der Waals surface area (Å²) in [5, 5.41) is 12.5. The molecule has 1 unspecified atom stereocenters. The molecule has 17 heteroatoms.